The third-order valence-electron chi connectivity index (χ3n) is 2.42. The van der Waals surface area contributed by atoms with E-state index < -0.39 is 0 Å². The smallest absolute Gasteiger partial charge is 0.0939 e. The number of hydrogen-bond donors (Lipinski definition) is 0. The average molecular weight is 350 g/mol. The van der Waals surface area contributed by atoms with Gasteiger partial charge in [0.05, 0.1) is 5.38 Å². The molecule has 0 fully saturated rings. The van der Waals surface area contributed by atoms with Crippen LogP contribution in [0.3, 0.4) is 0 Å². The zero-order valence-corrected chi connectivity index (χ0v) is 13.3. The molecular formula is C13H11BrCl2S. The van der Waals surface area contributed by atoms with Crippen molar-refractivity contribution in [2.45, 2.75) is 19.2 Å². The second-order valence-corrected chi connectivity index (χ2v) is 7.01. The average Bonchev–Trinajstić information content (AvgIpc) is 2.55. The highest BCUT2D eigenvalue weighted by atomic mass is 79.9. The molecule has 2 aromatic rings. The van der Waals surface area contributed by atoms with Crippen molar-refractivity contribution in [3.63, 3.8) is 0 Å². The minimum Gasteiger partial charge on any atom is -0.143 e. The van der Waals surface area contributed by atoms with Gasteiger partial charge >= 0.3 is 0 Å². The van der Waals surface area contributed by atoms with E-state index in [1.807, 2.05) is 19.1 Å². The van der Waals surface area contributed by atoms with Gasteiger partial charge in [0.1, 0.15) is 0 Å². The fourth-order valence-corrected chi connectivity index (χ4v) is 4.43. The van der Waals surface area contributed by atoms with Gasteiger partial charge < -0.3 is 0 Å². The Hall–Kier alpha value is -0.0200. The molecule has 2 rings (SSSR count). The minimum atomic E-state index is -0.152. The second kappa shape index (κ2) is 5.31. The summed E-state index contributed by atoms with van der Waals surface area (Å²) in [5, 5.41) is 0.579. The van der Waals surface area contributed by atoms with Gasteiger partial charge in [-0.25, -0.2) is 0 Å². The van der Waals surface area contributed by atoms with Crippen molar-refractivity contribution >= 4 is 50.5 Å². The third-order valence-corrected chi connectivity index (χ3v) is 5.28. The number of hydrogen-bond acceptors (Lipinski definition) is 1. The van der Waals surface area contributed by atoms with Gasteiger partial charge in [-0.2, -0.15) is 0 Å². The highest BCUT2D eigenvalue weighted by Gasteiger charge is 2.17. The van der Waals surface area contributed by atoms with Crippen molar-refractivity contribution < 1.29 is 0 Å². The maximum Gasteiger partial charge on any atom is 0.0939 e. The number of benzene rings is 1. The fraction of sp³-hybridized carbons (Fsp3) is 0.231. The lowest BCUT2D eigenvalue weighted by Gasteiger charge is -2.10. The molecule has 1 aromatic heterocycles. The third kappa shape index (κ3) is 3.05. The van der Waals surface area contributed by atoms with Crippen molar-refractivity contribution in [3.05, 3.63) is 54.6 Å². The SMILES string of the molecule is Cc1cc(Cl)cc(C(Cl)c2sc(C)cc2Br)c1. The second-order valence-electron chi connectivity index (χ2n) is 3.99. The zero-order chi connectivity index (χ0) is 12.6. The van der Waals surface area contributed by atoms with Crippen LogP contribution in [0.4, 0.5) is 0 Å². The number of aryl methyl sites for hydroxylation is 2. The molecule has 1 atom stereocenters. The number of halogens is 3. The molecule has 0 saturated heterocycles. The van der Waals surface area contributed by atoms with Crippen LogP contribution < -0.4 is 0 Å². The van der Waals surface area contributed by atoms with Crippen LogP contribution in [0.1, 0.15) is 26.3 Å². The summed E-state index contributed by atoms with van der Waals surface area (Å²) < 4.78 is 1.07. The fourth-order valence-electron chi connectivity index (χ4n) is 1.74. The topological polar surface area (TPSA) is 0 Å². The molecule has 0 radical (unpaired) electrons. The van der Waals surface area contributed by atoms with Crippen LogP contribution >= 0.6 is 50.5 Å². The first-order chi connectivity index (χ1) is 7.97. The van der Waals surface area contributed by atoms with E-state index in [1.165, 1.54) is 4.88 Å². The standard InChI is InChI=1S/C13H11BrCl2S/c1-7-3-9(6-10(15)4-7)12(16)13-11(14)5-8(2)17-13/h3-6,12H,1-2H3. The molecule has 0 spiro atoms. The molecule has 0 nitrogen and oxygen atoms in total. The molecule has 0 aliphatic carbocycles. The van der Waals surface area contributed by atoms with Crippen LogP contribution in [0.2, 0.25) is 5.02 Å². The molecule has 0 bridgehead atoms. The van der Waals surface area contributed by atoms with E-state index in [1.54, 1.807) is 11.3 Å². The Balaban J connectivity index is 2.43. The Morgan fingerprint density at radius 2 is 1.88 bits per heavy atom. The normalized spacial score (nSPS) is 12.8. The summed E-state index contributed by atoms with van der Waals surface area (Å²) in [4.78, 5) is 2.38. The Bertz CT molecular complexity index is 528. The van der Waals surface area contributed by atoms with Crippen LogP contribution in [0.25, 0.3) is 0 Å². The summed E-state index contributed by atoms with van der Waals surface area (Å²) in [6.07, 6.45) is 0. The predicted molar refractivity (Wildman–Crippen MR) is 80.6 cm³/mol. The van der Waals surface area contributed by atoms with E-state index in [-0.39, 0.29) is 5.38 Å². The van der Waals surface area contributed by atoms with Gasteiger partial charge in [-0.1, -0.05) is 17.7 Å². The molecule has 0 amide bonds. The molecule has 0 aliphatic rings. The summed E-state index contributed by atoms with van der Waals surface area (Å²) in [5.41, 5.74) is 2.17. The first-order valence-electron chi connectivity index (χ1n) is 5.14. The number of rotatable bonds is 2. The monoisotopic (exact) mass is 348 g/mol. The van der Waals surface area contributed by atoms with Gasteiger partial charge in [0.2, 0.25) is 0 Å². The lowest BCUT2D eigenvalue weighted by atomic mass is 10.1. The minimum absolute atomic E-state index is 0.152. The van der Waals surface area contributed by atoms with Crippen LogP contribution in [0.5, 0.6) is 0 Å². The van der Waals surface area contributed by atoms with Crippen molar-refractivity contribution in [3.8, 4) is 0 Å². The predicted octanol–water partition coefficient (Wildman–Crippen LogP) is 6.11. The summed E-state index contributed by atoms with van der Waals surface area (Å²) in [5.74, 6) is 0. The first kappa shape index (κ1) is 13.4. The molecule has 17 heavy (non-hydrogen) atoms. The Morgan fingerprint density at radius 1 is 1.18 bits per heavy atom. The van der Waals surface area contributed by atoms with Crippen molar-refractivity contribution in [1.82, 2.24) is 0 Å². The molecular weight excluding hydrogens is 339 g/mol. The molecule has 1 unspecified atom stereocenters. The van der Waals surface area contributed by atoms with Crippen LogP contribution in [-0.2, 0) is 0 Å². The van der Waals surface area contributed by atoms with E-state index in [4.69, 9.17) is 23.2 Å². The number of alkyl halides is 1. The van der Waals surface area contributed by atoms with Gasteiger partial charge in [0, 0.05) is 19.2 Å². The van der Waals surface area contributed by atoms with E-state index in [0.717, 1.165) is 25.5 Å². The Labute approximate surface area is 124 Å². The van der Waals surface area contributed by atoms with Gasteiger partial charge in [-0.15, -0.1) is 22.9 Å². The van der Waals surface area contributed by atoms with Crippen molar-refractivity contribution in [2.24, 2.45) is 0 Å². The molecule has 0 aliphatic heterocycles. The molecule has 4 heteroatoms. The largest absolute Gasteiger partial charge is 0.143 e. The van der Waals surface area contributed by atoms with Crippen molar-refractivity contribution in [1.29, 1.82) is 0 Å². The van der Waals surface area contributed by atoms with E-state index in [9.17, 15) is 0 Å². The van der Waals surface area contributed by atoms with E-state index in [2.05, 4.69) is 35.0 Å². The van der Waals surface area contributed by atoms with Crippen LogP contribution in [0.15, 0.2) is 28.7 Å². The van der Waals surface area contributed by atoms with Crippen LogP contribution in [-0.4, -0.2) is 0 Å². The van der Waals surface area contributed by atoms with Gasteiger partial charge in [0.15, 0.2) is 0 Å². The molecule has 1 aromatic carbocycles. The first-order valence-corrected chi connectivity index (χ1v) is 7.57. The Kier molecular flexibility index (Phi) is 4.19. The van der Waals surface area contributed by atoms with Crippen LogP contribution in [0, 0.1) is 13.8 Å². The van der Waals surface area contributed by atoms with Gasteiger partial charge in [-0.3, -0.25) is 0 Å². The van der Waals surface area contributed by atoms with E-state index in [0.29, 0.717) is 0 Å². The molecule has 0 N–H and O–H groups in total. The quantitative estimate of drug-likeness (QED) is 0.574. The maximum atomic E-state index is 6.52. The maximum absolute atomic E-state index is 6.52. The highest BCUT2D eigenvalue weighted by Crippen LogP contribution is 2.40. The summed E-state index contributed by atoms with van der Waals surface area (Å²) >= 11 is 17.8. The molecule has 90 valence electrons. The number of thiophene rings is 1. The van der Waals surface area contributed by atoms with E-state index >= 15 is 0 Å². The van der Waals surface area contributed by atoms with Gasteiger partial charge in [0.25, 0.3) is 0 Å². The summed E-state index contributed by atoms with van der Waals surface area (Å²) in [6, 6.07) is 8.02. The highest BCUT2D eigenvalue weighted by molar-refractivity contribution is 9.10. The molecule has 0 saturated carbocycles. The lowest BCUT2D eigenvalue weighted by Crippen LogP contribution is -1.92. The van der Waals surface area contributed by atoms with Crippen molar-refractivity contribution in [2.75, 3.05) is 0 Å². The molecule has 1 heterocycles. The summed E-state index contributed by atoms with van der Waals surface area (Å²) in [6.45, 7) is 4.10. The van der Waals surface area contributed by atoms with Gasteiger partial charge in [-0.05, 0) is 59.1 Å². The zero-order valence-electron chi connectivity index (χ0n) is 9.43. The summed E-state index contributed by atoms with van der Waals surface area (Å²) in [7, 11) is 0. The Morgan fingerprint density at radius 3 is 2.41 bits per heavy atom. The lowest BCUT2D eigenvalue weighted by molar-refractivity contribution is 1.16.